The van der Waals surface area contributed by atoms with E-state index in [9.17, 15) is 4.79 Å². The molecule has 0 unspecified atom stereocenters. The molecule has 0 radical (unpaired) electrons. The van der Waals surface area contributed by atoms with Gasteiger partial charge in [-0.15, -0.1) is 0 Å². The maximum atomic E-state index is 11.4. The number of fused-ring (bicyclic) bond motifs is 1. The quantitative estimate of drug-likeness (QED) is 0.788. The van der Waals surface area contributed by atoms with Gasteiger partial charge in [-0.05, 0) is 11.5 Å². The van der Waals surface area contributed by atoms with E-state index in [0.29, 0.717) is 0 Å². The lowest BCUT2D eigenvalue weighted by Gasteiger charge is -2.07. The molecule has 0 bridgehead atoms. The van der Waals surface area contributed by atoms with Gasteiger partial charge in [0.2, 0.25) is 0 Å². The van der Waals surface area contributed by atoms with Crippen LogP contribution in [0.25, 0.3) is 10.8 Å². The number of anilines is 1. The minimum absolute atomic E-state index is 0.0204. The molecule has 0 saturated heterocycles. The highest BCUT2D eigenvalue weighted by Gasteiger charge is 2.06. The number of hydrogen-bond acceptors (Lipinski definition) is 1. The number of halogens is 1. The first-order valence-electron chi connectivity index (χ1n) is 4.82. The second-order valence-electron chi connectivity index (χ2n) is 3.39. The average molecular weight is 232 g/mol. The molecule has 0 fully saturated rings. The van der Waals surface area contributed by atoms with Crippen molar-refractivity contribution in [2.24, 2.45) is 0 Å². The summed E-state index contributed by atoms with van der Waals surface area (Å²) in [6.45, 7) is 3.38. The third-order valence-electron chi connectivity index (χ3n) is 2.28. The summed E-state index contributed by atoms with van der Waals surface area (Å²) < 4.78 is 0. The van der Waals surface area contributed by atoms with Gasteiger partial charge in [0, 0.05) is 11.1 Å². The molecule has 80 valence electrons. The summed E-state index contributed by atoms with van der Waals surface area (Å²) in [5.41, 5.74) is 0.741. The Morgan fingerprint density at radius 1 is 1.12 bits per heavy atom. The largest absolute Gasteiger partial charge is 0.321 e. The monoisotopic (exact) mass is 231 g/mol. The molecule has 0 aromatic heterocycles. The maximum Gasteiger partial charge on any atom is 0.266 e. The maximum absolute atomic E-state index is 11.4. The Hall–Kier alpha value is -1.80. The number of nitrogens with one attached hydrogen (secondary N) is 1. The summed E-state index contributed by atoms with van der Waals surface area (Å²) >= 11 is 5.52. The molecule has 0 atom stereocenters. The van der Waals surface area contributed by atoms with E-state index in [4.69, 9.17) is 11.6 Å². The Balaban J connectivity index is 2.45. The van der Waals surface area contributed by atoms with Crippen molar-refractivity contribution in [1.82, 2.24) is 0 Å². The van der Waals surface area contributed by atoms with Gasteiger partial charge in [-0.2, -0.15) is 0 Å². The number of carbonyl (C=O) groups is 1. The van der Waals surface area contributed by atoms with Gasteiger partial charge in [-0.1, -0.05) is 54.6 Å². The van der Waals surface area contributed by atoms with E-state index < -0.39 is 0 Å². The van der Waals surface area contributed by atoms with Crippen molar-refractivity contribution in [2.45, 2.75) is 0 Å². The van der Waals surface area contributed by atoms with Gasteiger partial charge < -0.3 is 5.32 Å². The van der Waals surface area contributed by atoms with Gasteiger partial charge in [0.15, 0.2) is 0 Å². The van der Waals surface area contributed by atoms with Crippen LogP contribution in [0.4, 0.5) is 5.69 Å². The summed E-state index contributed by atoms with van der Waals surface area (Å²) in [5.74, 6) is -0.377. The van der Waals surface area contributed by atoms with E-state index in [0.717, 1.165) is 16.5 Å². The van der Waals surface area contributed by atoms with Crippen LogP contribution in [0.2, 0.25) is 0 Å². The number of carbonyl (C=O) groups excluding carboxylic acids is 1. The first-order chi connectivity index (χ1) is 7.68. The molecule has 2 rings (SSSR count). The Morgan fingerprint density at radius 3 is 2.56 bits per heavy atom. The molecule has 0 heterocycles. The lowest BCUT2D eigenvalue weighted by Crippen LogP contribution is -2.10. The van der Waals surface area contributed by atoms with Crippen molar-refractivity contribution in [1.29, 1.82) is 0 Å². The molecule has 0 aliphatic rings. The van der Waals surface area contributed by atoms with Crippen LogP contribution in [0.3, 0.4) is 0 Å². The van der Waals surface area contributed by atoms with Crippen molar-refractivity contribution in [2.75, 3.05) is 5.32 Å². The summed E-state index contributed by atoms with van der Waals surface area (Å²) in [7, 11) is 0. The van der Waals surface area contributed by atoms with Crippen molar-refractivity contribution < 1.29 is 4.79 Å². The van der Waals surface area contributed by atoms with Crippen molar-refractivity contribution in [3.63, 3.8) is 0 Å². The second-order valence-corrected chi connectivity index (χ2v) is 3.84. The molecule has 3 heteroatoms. The Morgan fingerprint density at radius 2 is 1.81 bits per heavy atom. The number of rotatable bonds is 2. The molecule has 1 amide bonds. The Labute approximate surface area is 98.5 Å². The molecule has 0 spiro atoms. The molecule has 0 aliphatic heterocycles. The minimum Gasteiger partial charge on any atom is -0.321 e. The SMILES string of the molecule is C=C(Cl)C(=O)Nc1cccc2ccccc12. The van der Waals surface area contributed by atoms with E-state index in [-0.39, 0.29) is 10.9 Å². The van der Waals surface area contributed by atoms with Crippen LogP contribution >= 0.6 is 11.6 Å². The summed E-state index contributed by atoms with van der Waals surface area (Å²) in [6, 6.07) is 13.5. The first kappa shape index (κ1) is 10.7. The van der Waals surface area contributed by atoms with Crippen LogP contribution in [0.1, 0.15) is 0 Å². The third kappa shape index (κ3) is 2.07. The van der Waals surface area contributed by atoms with E-state index in [1.54, 1.807) is 0 Å². The fourth-order valence-corrected chi connectivity index (χ4v) is 1.57. The molecular formula is C13H10ClNO. The number of hydrogen-bond donors (Lipinski definition) is 1. The Bertz CT molecular complexity index is 557. The van der Waals surface area contributed by atoms with Gasteiger partial charge >= 0.3 is 0 Å². The van der Waals surface area contributed by atoms with Crippen molar-refractivity contribution in [3.05, 3.63) is 54.1 Å². The van der Waals surface area contributed by atoms with Gasteiger partial charge in [0.05, 0.1) is 5.03 Å². The average Bonchev–Trinajstić information content (AvgIpc) is 2.29. The van der Waals surface area contributed by atoms with Crippen LogP contribution < -0.4 is 5.32 Å². The van der Waals surface area contributed by atoms with E-state index in [1.165, 1.54) is 0 Å². The van der Waals surface area contributed by atoms with Gasteiger partial charge in [-0.3, -0.25) is 4.79 Å². The van der Waals surface area contributed by atoms with E-state index >= 15 is 0 Å². The van der Waals surface area contributed by atoms with E-state index in [1.807, 2.05) is 42.5 Å². The highest BCUT2D eigenvalue weighted by Crippen LogP contribution is 2.23. The summed E-state index contributed by atoms with van der Waals surface area (Å²) in [4.78, 5) is 11.4. The topological polar surface area (TPSA) is 29.1 Å². The normalized spacial score (nSPS) is 10.1. The zero-order valence-corrected chi connectivity index (χ0v) is 9.29. The molecule has 2 aromatic rings. The Kier molecular flexibility index (Phi) is 2.93. The van der Waals surface area contributed by atoms with Crippen molar-refractivity contribution in [3.8, 4) is 0 Å². The summed E-state index contributed by atoms with van der Waals surface area (Å²) in [5, 5.41) is 4.75. The number of benzene rings is 2. The lowest BCUT2D eigenvalue weighted by molar-refractivity contribution is -0.112. The molecule has 1 N–H and O–H groups in total. The smallest absolute Gasteiger partial charge is 0.266 e. The van der Waals surface area contributed by atoms with Crippen LogP contribution in [0, 0.1) is 0 Å². The fourth-order valence-electron chi connectivity index (χ4n) is 1.52. The first-order valence-corrected chi connectivity index (χ1v) is 5.20. The highest BCUT2D eigenvalue weighted by molar-refractivity contribution is 6.43. The number of amides is 1. The molecule has 0 saturated carbocycles. The second kappa shape index (κ2) is 4.37. The molecule has 2 aromatic carbocycles. The predicted molar refractivity (Wildman–Crippen MR) is 67.6 cm³/mol. The molecule has 16 heavy (non-hydrogen) atoms. The van der Waals surface area contributed by atoms with E-state index in [2.05, 4.69) is 11.9 Å². The molecular weight excluding hydrogens is 222 g/mol. The zero-order valence-electron chi connectivity index (χ0n) is 8.53. The van der Waals surface area contributed by atoms with Gasteiger partial charge in [0.1, 0.15) is 0 Å². The van der Waals surface area contributed by atoms with Crippen molar-refractivity contribution >= 4 is 34.0 Å². The zero-order chi connectivity index (χ0) is 11.5. The minimum atomic E-state index is -0.377. The summed E-state index contributed by atoms with van der Waals surface area (Å²) in [6.07, 6.45) is 0. The molecule has 2 nitrogen and oxygen atoms in total. The van der Waals surface area contributed by atoms with Gasteiger partial charge in [-0.25, -0.2) is 0 Å². The van der Waals surface area contributed by atoms with Crippen LogP contribution in [0.15, 0.2) is 54.1 Å². The van der Waals surface area contributed by atoms with Crippen LogP contribution in [0.5, 0.6) is 0 Å². The molecule has 0 aliphatic carbocycles. The van der Waals surface area contributed by atoms with Gasteiger partial charge in [0.25, 0.3) is 5.91 Å². The lowest BCUT2D eigenvalue weighted by atomic mass is 10.1. The predicted octanol–water partition coefficient (Wildman–Crippen LogP) is 3.53. The fraction of sp³-hybridized carbons (Fsp3) is 0. The standard InChI is InChI=1S/C13H10ClNO/c1-9(14)13(16)15-12-8-4-6-10-5-2-3-7-11(10)12/h2-8H,1H2,(H,15,16). The van der Waals surface area contributed by atoms with Crippen LogP contribution in [-0.2, 0) is 4.79 Å². The van der Waals surface area contributed by atoms with Crippen LogP contribution in [-0.4, -0.2) is 5.91 Å². The highest BCUT2D eigenvalue weighted by atomic mass is 35.5. The third-order valence-corrected chi connectivity index (χ3v) is 2.46.